The van der Waals surface area contributed by atoms with Crippen LogP contribution in [0.15, 0.2) is 58.7 Å². The Labute approximate surface area is 199 Å². The highest BCUT2D eigenvalue weighted by atomic mass is 32.1. The molecular weight excluding hydrogens is 454 g/mol. The molecular formula is C25H19N3O5S. The number of benzene rings is 2. The molecule has 0 saturated carbocycles. The van der Waals surface area contributed by atoms with Crippen LogP contribution in [-0.4, -0.2) is 24.0 Å². The van der Waals surface area contributed by atoms with Gasteiger partial charge in [0, 0.05) is 0 Å². The van der Waals surface area contributed by atoms with E-state index >= 15 is 0 Å². The molecule has 0 atom stereocenters. The van der Waals surface area contributed by atoms with Crippen molar-refractivity contribution >= 4 is 44.6 Å². The summed E-state index contributed by atoms with van der Waals surface area (Å²) >= 11 is 1.34. The molecule has 0 saturated heterocycles. The van der Waals surface area contributed by atoms with Gasteiger partial charge in [-0.05, 0) is 73.0 Å². The number of carbonyl (C=O) groups is 2. The number of hydrogen-bond acceptors (Lipinski definition) is 8. The van der Waals surface area contributed by atoms with E-state index in [4.69, 9.17) is 13.9 Å². The van der Waals surface area contributed by atoms with Crippen LogP contribution in [0.3, 0.4) is 0 Å². The van der Waals surface area contributed by atoms with Gasteiger partial charge >= 0.3 is 5.97 Å². The zero-order valence-corrected chi connectivity index (χ0v) is 19.4. The maximum Gasteiger partial charge on any atom is 0.379 e. The maximum absolute atomic E-state index is 12.7. The summed E-state index contributed by atoms with van der Waals surface area (Å²) in [4.78, 5) is 29.3. The Balaban J connectivity index is 1.53. The molecule has 0 aliphatic rings. The van der Waals surface area contributed by atoms with Crippen LogP contribution in [0.4, 0.5) is 5.13 Å². The molecule has 0 aliphatic carbocycles. The van der Waals surface area contributed by atoms with Crippen molar-refractivity contribution in [3.63, 3.8) is 0 Å². The molecule has 0 bridgehead atoms. The van der Waals surface area contributed by atoms with Crippen molar-refractivity contribution in [2.75, 3.05) is 12.4 Å². The Morgan fingerprint density at radius 2 is 1.94 bits per heavy atom. The number of methoxy groups -OCH3 is 1. The molecule has 170 valence electrons. The summed E-state index contributed by atoms with van der Waals surface area (Å²) in [5, 5.41) is 12.6. The second-order valence-electron chi connectivity index (χ2n) is 7.32. The molecule has 2 heterocycles. The number of nitrogens with one attached hydrogen (secondary N) is 1. The van der Waals surface area contributed by atoms with Crippen molar-refractivity contribution in [3.8, 4) is 17.6 Å². The molecule has 1 N–H and O–H groups in total. The van der Waals surface area contributed by atoms with Gasteiger partial charge in [0.15, 0.2) is 16.6 Å². The van der Waals surface area contributed by atoms with Gasteiger partial charge in [-0.2, -0.15) is 5.26 Å². The molecule has 0 spiro atoms. The highest BCUT2D eigenvalue weighted by Gasteiger charge is 2.17. The van der Waals surface area contributed by atoms with Gasteiger partial charge in [0.05, 0.1) is 23.6 Å². The third-order valence-corrected chi connectivity index (χ3v) is 5.95. The average Bonchev–Trinajstić information content (AvgIpc) is 3.48. The van der Waals surface area contributed by atoms with Gasteiger partial charge in [-0.25, -0.2) is 9.78 Å². The Kier molecular flexibility index (Phi) is 6.43. The highest BCUT2D eigenvalue weighted by molar-refractivity contribution is 7.22. The SMILES string of the molecule is COc1cc(C=C(C#N)C(=O)Nc2nc3cc(C)c(C)cc3s2)ccc1OC(=O)c1ccco1. The fourth-order valence-corrected chi connectivity index (χ4v) is 4.06. The number of esters is 1. The van der Waals surface area contributed by atoms with Gasteiger partial charge in [0.25, 0.3) is 5.91 Å². The summed E-state index contributed by atoms with van der Waals surface area (Å²) in [6.45, 7) is 4.02. The van der Waals surface area contributed by atoms with E-state index in [0.717, 1.165) is 21.3 Å². The van der Waals surface area contributed by atoms with E-state index in [1.54, 1.807) is 18.2 Å². The number of rotatable bonds is 6. The third kappa shape index (κ3) is 4.82. The standard InChI is InChI=1S/C25H19N3O5S/c1-14-9-18-22(10-15(14)2)34-25(27-18)28-23(29)17(13-26)11-16-6-7-19(21(12-16)31-3)33-24(30)20-5-4-8-32-20/h4-12H,1-3H3,(H,27,28,29). The molecule has 9 heteroatoms. The van der Waals surface area contributed by atoms with Crippen LogP contribution in [-0.2, 0) is 4.79 Å². The summed E-state index contributed by atoms with van der Waals surface area (Å²) in [5.74, 6) is -0.783. The number of nitriles is 1. The smallest absolute Gasteiger partial charge is 0.379 e. The molecule has 0 aliphatic heterocycles. The predicted octanol–water partition coefficient (Wildman–Crippen LogP) is 5.28. The normalized spacial score (nSPS) is 11.2. The van der Waals surface area contributed by atoms with E-state index in [1.807, 2.05) is 32.0 Å². The van der Waals surface area contributed by atoms with Gasteiger partial charge in [-0.1, -0.05) is 17.4 Å². The molecule has 4 aromatic rings. The Bertz CT molecular complexity index is 1420. The lowest BCUT2D eigenvalue weighted by atomic mass is 10.1. The fourth-order valence-electron chi connectivity index (χ4n) is 3.12. The van der Waals surface area contributed by atoms with Crippen molar-refractivity contribution in [2.45, 2.75) is 13.8 Å². The number of aryl methyl sites for hydroxylation is 2. The molecule has 8 nitrogen and oxygen atoms in total. The average molecular weight is 474 g/mol. The number of anilines is 1. The lowest BCUT2D eigenvalue weighted by Gasteiger charge is -2.09. The predicted molar refractivity (Wildman–Crippen MR) is 128 cm³/mol. The minimum Gasteiger partial charge on any atom is -0.493 e. The molecule has 0 unspecified atom stereocenters. The van der Waals surface area contributed by atoms with E-state index in [2.05, 4.69) is 10.3 Å². The molecule has 1 amide bonds. The number of hydrogen-bond donors (Lipinski definition) is 1. The van der Waals surface area contributed by atoms with Crippen LogP contribution in [0, 0.1) is 25.2 Å². The van der Waals surface area contributed by atoms with Gasteiger partial charge in [0.1, 0.15) is 11.6 Å². The van der Waals surface area contributed by atoms with E-state index in [1.165, 1.54) is 42.9 Å². The first-order valence-corrected chi connectivity index (χ1v) is 10.9. The van der Waals surface area contributed by atoms with E-state index < -0.39 is 11.9 Å². The number of amides is 1. The highest BCUT2D eigenvalue weighted by Crippen LogP contribution is 2.31. The van der Waals surface area contributed by atoms with Crippen LogP contribution in [0.2, 0.25) is 0 Å². The van der Waals surface area contributed by atoms with Gasteiger partial charge in [-0.15, -0.1) is 0 Å². The topological polar surface area (TPSA) is 114 Å². The van der Waals surface area contributed by atoms with Gasteiger partial charge < -0.3 is 13.9 Å². The lowest BCUT2D eigenvalue weighted by Crippen LogP contribution is -2.13. The number of aromatic nitrogens is 1. The van der Waals surface area contributed by atoms with Crippen molar-refractivity contribution in [2.24, 2.45) is 0 Å². The van der Waals surface area contributed by atoms with Gasteiger partial charge in [-0.3, -0.25) is 10.1 Å². The monoisotopic (exact) mass is 473 g/mol. The first-order chi connectivity index (χ1) is 16.4. The quantitative estimate of drug-likeness (QED) is 0.175. The van der Waals surface area contributed by atoms with Gasteiger partial charge in [0.2, 0.25) is 5.76 Å². The number of nitrogens with zero attached hydrogens (tertiary/aromatic N) is 2. The van der Waals surface area contributed by atoms with Crippen molar-refractivity contribution in [1.29, 1.82) is 5.26 Å². The zero-order chi connectivity index (χ0) is 24.2. The third-order valence-electron chi connectivity index (χ3n) is 5.01. The van der Waals surface area contributed by atoms with E-state index in [-0.39, 0.29) is 22.8 Å². The Morgan fingerprint density at radius 1 is 1.15 bits per heavy atom. The maximum atomic E-state index is 12.7. The number of carbonyl (C=O) groups excluding carboxylic acids is 2. The molecule has 0 fully saturated rings. The summed E-state index contributed by atoms with van der Waals surface area (Å²) in [7, 11) is 1.42. The lowest BCUT2D eigenvalue weighted by molar-refractivity contribution is -0.112. The van der Waals surface area contributed by atoms with Crippen LogP contribution in [0.5, 0.6) is 11.5 Å². The van der Waals surface area contributed by atoms with Crippen LogP contribution < -0.4 is 14.8 Å². The minimum atomic E-state index is -0.676. The first-order valence-electron chi connectivity index (χ1n) is 10.1. The molecule has 4 rings (SSSR count). The van der Waals surface area contributed by atoms with Crippen LogP contribution in [0.25, 0.3) is 16.3 Å². The fraction of sp³-hybridized carbons (Fsp3) is 0.120. The molecule has 2 aromatic carbocycles. The number of furan rings is 1. The summed E-state index contributed by atoms with van der Waals surface area (Å²) in [6, 6.07) is 13.6. The Morgan fingerprint density at radius 3 is 2.65 bits per heavy atom. The zero-order valence-electron chi connectivity index (χ0n) is 18.5. The largest absolute Gasteiger partial charge is 0.493 e. The number of thiazole rings is 1. The number of fused-ring (bicyclic) bond motifs is 1. The van der Waals surface area contributed by atoms with E-state index in [0.29, 0.717) is 10.7 Å². The van der Waals surface area contributed by atoms with Crippen LogP contribution >= 0.6 is 11.3 Å². The van der Waals surface area contributed by atoms with Crippen molar-refractivity contribution in [1.82, 2.24) is 4.98 Å². The second-order valence-corrected chi connectivity index (χ2v) is 8.35. The summed E-state index contributed by atoms with van der Waals surface area (Å²) < 4.78 is 16.6. The first kappa shape index (κ1) is 22.8. The summed E-state index contributed by atoms with van der Waals surface area (Å²) in [5.41, 5.74) is 3.43. The summed E-state index contributed by atoms with van der Waals surface area (Å²) in [6.07, 6.45) is 2.78. The number of ether oxygens (including phenoxy) is 2. The molecule has 34 heavy (non-hydrogen) atoms. The minimum absolute atomic E-state index is 0.0506. The van der Waals surface area contributed by atoms with Crippen molar-refractivity contribution < 1.29 is 23.5 Å². The second kappa shape index (κ2) is 9.60. The Hall–Kier alpha value is -4.42. The van der Waals surface area contributed by atoms with E-state index in [9.17, 15) is 14.9 Å². The van der Waals surface area contributed by atoms with Crippen LogP contribution in [0.1, 0.15) is 27.2 Å². The molecule has 0 radical (unpaired) electrons. The van der Waals surface area contributed by atoms with Crippen molar-refractivity contribution in [3.05, 3.63) is 76.8 Å². The molecule has 2 aromatic heterocycles.